The Hall–Kier alpha value is -0.290. The van der Waals surface area contributed by atoms with Crippen LogP contribution in [0.5, 0.6) is 0 Å². The minimum atomic E-state index is 0.573. The van der Waals surface area contributed by atoms with E-state index in [0.717, 1.165) is 10.1 Å². The van der Waals surface area contributed by atoms with E-state index in [1.165, 1.54) is 62.7 Å². The van der Waals surface area contributed by atoms with Crippen LogP contribution in [0.25, 0.3) is 0 Å². The van der Waals surface area contributed by atoms with Gasteiger partial charge in [-0.2, -0.15) is 0 Å². The van der Waals surface area contributed by atoms with E-state index in [1.807, 2.05) is 0 Å². The van der Waals surface area contributed by atoms with Crippen LogP contribution in [0, 0.1) is 0 Å². The third kappa shape index (κ3) is 7.60. The molecular formula is C12H23N3S2. The van der Waals surface area contributed by atoms with E-state index in [-0.39, 0.29) is 0 Å². The molecule has 0 aliphatic heterocycles. The second-order valence-corrected chi connectivity index (χ2v) is 6.58. The number of nitrogens with two attached hydrogens (primary N) is 1. The third-order valence-electron chi connectivity index (χ3n) is 2.65. The highest BCUT2D eigenvalue weighted by Gasteiger charge is 2.00. The summed E-state index contributed by atoms with van der Waals surface area (Å²) in [4.78, 5) is 0. The van der Waals surface area contributed by atoms with E-state index in [0.29, 0.717) is 5.13 Å². The Balaban J connectivity index is 1.84. The zero-order valence-corrected chi connectivity index (χ0v) is 12.3. The lowest BCUT2D eigenvalue weighted by atomic mass is 10.1. The first-order chi connectivity index (χ1) is 8.33. The first kappa shape index (κ1) is 14.8. The number of nitrogens with zero attached hydrogens (tertiary/aromatic N) is 2. The van der Waals surface area contributed by atoms with Gasteiger partial charge in [-0.1, -0.05) is 75.0 Å². The monoisotopic (exact) mass is 273 g/mol. The molecule has 3 nitrogen and oxygen atoms in total. The number of unbranched alkanes of at least 4 members (excludes halogenated alkanes) is 7. The highest BCUT2D eigenvalue weighted by atomic mass is 32.2. The van der Waals surface area contributed by atoms with Crippen LogP contribution >= 0.6 is 23.1 Å². The molecule has 5 heteroatoms. The van der Waals surface area contributed by atoms with E-state index in [4.69, 9.17) is 5.73 Å². The van der Waals surface area contributed by atoms with E-state index in [9.17, 15) is 0 Å². The van der Waals surface area contributed by atoms with Crippen LogP contribution in [-0.4, -0.2) is 16.0 Å². The van der Waals surface area contributed by atoms with Crippen LogP contribution in [0.15, 0.2) is 4.34 Å². The molecule has 98 valence electrons. The van der Waals surface area contributed by atoms with Crippen molar-refractivity contribution in [3.05, 3.63) is 0 Å². The fourth-order valence-electron chi connectivity index (χ4n) is 1.67. The van der Waals surface area contributed by atoms with Gasteiger partial charge in [-0.25, -0.2) is 0 Å². The first-order valence-corrected chi connectivity index (χ1v) is 8.35. The number of hydrogen-bond acceptors (Lipinski definition) is 5. The average Bonchev–Trinajstić information content (AvgIpc) is 2.73. The normalized spacial score (nSPS) is 10.9. The zero-order chi connectivity index (χ0) is 12.3. The maximum absolute atomic E-state index is 5.52. The van der Waals surface area contributed by atoms with Crippen molar-refractivity contribution in [2.45, 2.75) is 62.6 Å². The Labute approximate surface area is 113 Å². The second-order valence-electron chi connectivity index (χ2n) is 4.23. The molecular weight excluding hydrogens is 250 g/mol. The van der Waals surface area contributed by atoms with Crippen LogP contribution in [-0.2, 0) is 0 Å². The largest absolute Gasteiger partial charge is 0.374 e. The number of rotatable bonds is 10. The van der Waals surface area contributed by atoms with Gasteiger partial charge >= 0.3 is 0 Å². The van der Waals surface area contributed by atoms with Gasteiger partial charge in [-0.15, -0.1) is 10.2 Å². The predicted molar refractivity (Wildman–Crippen MR) is 77.7 cm³/mol. The Morgan fingerprint density at radius 1 is 1.00 bits per heavy atom. The van der Waals surface area contributed by atoms with Crippen molar-refractivity contribution in [2.75, 3.05) is 11.5 Å². The molecule has 0 fully saturated rings. The average molecular weight is 273 g/mol. The molecule has 1 aromatic heterocycles. The summed E-state index contributed by atoms with van der Waals surface area (Å²) < 4.78 is 1.01. The molecule has 0 saturated carbocycles. The topological polar surface area (TPSA) is 51.8 Å². The lowest BCUT2D eigenvalue weighted by Crippen LogP contribution is -1.83. The highest BCUT2D eigenvalue weighted by Crippen LogP contribution is 2.24. The molecule has 0 aliphatic rings. The Kier molecular flexibility index (Phi) is 8.44. The fourth-order valence-corrected chi connectivity index (χ4v) is 3.38. The van der Waals surface area contributed by atoms with Gasteiger partial charge in [0.2, 0.25) is 5.13 Å². The lowest BCUT2D eigenvalue weighted by Gasteiger charge is -2.00. The summed E-state index contributed by atoms with van der Waals surface area (Å²) in [5.41, 5.74) is 5.52. The van der Waals surface area contributed by atoms with E-state index in [1.54, 1.807) is 11.8 Å². The van der Waals surface area contributed by atoms with Crippen LogP contribution < -0.4 is 5.73 Å². The fraction of sp³-hybridized carbons (Fsp3) is 0.833. The number of hydrogen-bond donors (Lipinski definition) is 1. The number of nitrogen functional groups attached to an aromatic ring is 1. The quantitative estimate of drug-likeness (QED) is 0.508. The van der Waals surface area contributed by atoms with Crippen molar-refractivity contribution in [1.82, 2.24) is 10.2 Å². The molecule has 1 heterocycles. The Morgan fingerprint density at radius 3 is 2.24 bits per heavy atom. The molecule has 0 radical (unpaired) electrons. The molecule has 2 N–H and O–H groups in total. The molecule has 1 rings (SSSR count). The third-order valence-corrected chi connectivity index (χ3v) is 4.62. The van der Waals surface area contributed by atoms with Crippen LogP contribution in [0.2, 0.25) is 0 Å². The van der Waals surface area contributed by atoms with Gasteiger partial charge in [-0.3, -0.25) is 0 Å². The summed E-state index contributed by atoms with van der Waals surface area (Å²) in [6, 6.07) is 0. The van der Waals surface area contributed by atoms with Gasteiger partial charge < -0.3 is 5.73 Å². The SMILES string of the molecule is CCCCCCCCCCSc1nnc(N)s1. The summed E-state index contributed by atoms with van der Waals surface area (Å²) in [5, 5.41) is 8.36. The molecule has 0 bridgehead atoms. The van der Waals surface area contributed by atoms with Crippen molar-refractivity contribution in [3.63, 3.8) is 0 Å². The Bertz CT molecular complexity index is 289. The predicted octanol–water partition coefficient (Wildman–Crippen LogP) is 4.35. The molecule has 0 aliphatic carbocycles. The van der Waals surface area contributed by atoms with Gasteiger partial charge in [0.1, 0.15) is 0 Å². The maximum atomic E-state index is 5.52. The summed E-state index contributed by atoms with van der Waals surface area (Å²) in [7, 11) is 0. The van der Waals surface area contributed by atoms with Crippen molar-refractivity contribution in [2.24, 2.45) is 0 Å². The Morgan fingerprint density at radius 2 is 1.65 bits per heavy atom. The summed E-state index contributed by atoms with van der Waals surface area (Å²) in [5.74, 6) is 1.14. The number of aromatic nitrogens is 2. The molecule has 1 aromatic rings. The van der Waals surface area contributed by atoms with Gasteiger partial charge in [-0.05, 0) is 6.42 Å². The standard InChI is InChI=1S/C12H23N3S2/c1-2-3-4-5-6-7-8-9-10-16-12-15-14-11(13)17-12/h2-10H2,1H3,(H2,13,14). The summed E-state index contributed by atoms with van der Waals surface area (Å²) in [6.45, 7) is 2.26. The van der Waals surface area contributed by atoms with Crippen LogP contribution in [0.3, 0.4) is 0 Å². The highest BCUT2D eigenvalue weighted by molar-refractivity contribution is 8.01. The van der Waals surface area contributed by atoms with E-state index < -0.39 is 0 Å². The van der Waals surface area contributed by atoms with Crippen molar-refractivity contribution >= 4 is 28.2 Å². The smallest absolute Gasteiger partial charge is 0.203 e. The lowest BCUT2D eigenvalue weighted by molar-refractivity contribution is 0.586. The first-order valence-electron chi connectivity index (χ1n) is 6.54. The molecule has 0 amide bonds. The molecule has 0 aromatic carbocycles. The van der Waals surface area contributed by atoms with Gasteiger partial charge in [0.05, 0.1) is 0 Å². The molecule has 0 spiro atoms. The second kappa shape index (κ2) is 9.71. The van der Waals surface area contributed by atoms with Gasteiger partial charge in [0.15, 0.2) is 4.34 Å². The zero-order valence-electron chi connectivity index (χ0n) is 10.7. The molecule has 0 saturated heterocycles. The van der Waals surface area contributed by atoms with E-state index in [2.05, 4.69) is 17.1 Å². The van der Waals surface area contributed by atoms with Crippen molar-refractivity contribution in [3.8, 4) is 0 Å². The van der Waals surface area contributed by atoms with Crippen LogP contribution in [0.4, 0.5) is 5.13 Å². The number of anilines is 1. The molecule has 0 atom stereocenters. The van der Waals surface area contributed by atoms with Crippen molar-refractivity contribution < 1.29 is 0 Å². The molecule has 0 unspecified atom stereocenters. The maximum Gasteiger partial charge on any atom is 0.203 e. The van der Waals surface area contributed by atoms with Gasteiger partial charge in [0, 0.05) is 5.75 Å². The molecule has 17 heavy (non-hydrogen) atoms. The summed E-state index contributed by atoms with van der Waals surface area (Å²) in [6.07, 6.45) is 10.9. The van der Waals surface area contributed by atoms with E-state index >= 15 is 0 Å². The van der Waals surface area contributed by atoms with Crippen molar-refractivity contribution in [1.29, 1.82) is 0 Å². The number of thioether (sulfide) groups is 1. The summed E-state index contributed by atoms with van der Waals surface area (Å²) >= 11 is 3.26. The minimum Gasteiger partial charge on any atom is -0.374 e. The van der Waals surface area contributed by atoms with Crippen LogP contribution in [0.1, 0.15) is 58.3 Å². The van der Waals surface area contributed by atoms with Gasteiger partial charge in [0.25, 0.3) is 0 Å². The minimum absolute atomic E-state index is 0.573.